The summed E-state index contributed by atoms with van der Waals surface area (Å²) in [6.07, 6.45) is 0.416. The number of rotatable bonds is 15. The molecule has 0 spiro atoms. The lowest BCUT2D eigenvalue weighted by Crippen LogP contribution is -2.28. The minimum Gasteiger partial charge on any atom is -0.493 e. The molecule has 2 atom stereocenters. The van der Waals surface area contributed by atoms with Gasteiger partial charge in [-0.3, -0.25) is 19.2 Å². The molecule has 0 aliphatic carbocycles. The molecule has 2 aromatic carbocycles. The molecule has 0 bridgehead atoms. The fraction of sp³-hybridized carbons (Fsp3) is 0.419. The minimum absolute atomic E-state index is 0.0562. The molecular weight excluding hydrogens is 578 g/mol. The maximum Gasteiger partial charge on any atom is 0.306 e. The van der Waals surface area contributed by atoms with Crippen LogP contribution in [0.3, 0.4) is 0 Å². The van der Waals surface area contributed by atoms with Crippen molar-refractivity contribution >= 4 is 45.1 Å². The zero-order valence-corrected chi connectivity index (χ0v) is 25.3. The van der Waals surface area contributed by atoms with Crippen LogP contribution in [0, 0.1) is 11.8 Å². The summed E-state index contributed by atoms with van der Waals surface area (Å²) in [5.74, 6) is -1.83. The number of ether oxygens (including phenoxy) is 4. The van der Waals surface area contributed by atoms with Crippen molar-refractivity contribution in [3.63, 3.8) is 0 Å². The van der Waals surface area contributed by atoms with Crippen LogP contribution in [0.5, 0.6) is 23.0 Å². The van der Waals surface area contributed by atoms with E-state index in [4.69, 9.17) is 29.2 Å². The molecule has 11 nitrogen and oxygen atoms in total. The zero-order chi connectivity index (χ0) is 31.3. The monoisotopic (exact) mass is 613 g/mol. The molecule has 0 unspecified atom stereocenters. The average Bonchev–Trinajstić information content (AvgIpc) is 3.59. The van der Waals surface area contributed by atoms with Gasteiger partial charge in [-0.1, -0.05) is 13.8 Å². The SMILES string of the molecule is COc1cc2c(cc1OCCCOc1cc3cc(C(=O)C[C@H](C)C(=O)O)sc3cc1OC)CN(C(=O)C[C@H](C)C(=O)O)C2. The normalized spacial score (nSPS) is 13.7. The van der Waals surface area contributed by atoms with E-state index in [1.54, 1.807) is 30.2 Å². The highest BCUT2D eigenvalue weighted by atomic mass is 32.1. The molecule has 12 heteroatoms. The van der Waals surface area contributed by atoms with Gasteiger partial charge in [-0.25, -0.2) is 0 Å². The Morgan fingerprint density at radius 3 is 1.91 bits per heavy atom. The van der Waals surface area contributed by atoms with Crippen LogP contribution in [0.25, 0.3) is 10.1 Å². The van der Waals surface area contributed by atoms with Crippen LogP contribution < -0.4 is 18.9 Å². The van der Waals surface area contributed by atoms with Crippen molar-refractivity contribution in [1.82, 2.24) is 4.90 Å². The lowest BCUT2D eigenvalue weighted by molar-refractivity contribution is -0.145. The fourth-order valence-corrected chi connectivity index (χ4v) is 5.70. The molecule has 2 N–H and O–H groups in total. The molecular formula is C31H35NO10S. The number of aliphatic carboxylic acids is 2. The number of hydrogen-bond acceptors (Lipinski definition) is 9. The Kier molecular flexibility index (Phi) is 10.1. The number of nitrogens with zero attached hydrogens (tertiary/aromatic N) is 1. The van der Waals surface area contributed by atoms with E-state index in [1.807, 2.05) is 12.1 Å². The average molecular weight is 614 g/mol. The first-order valence-corrected chi connectivity index (χ1v) is 14.7. The molecule has 1 aliphatic heterocycles. The van der Waals surface area contributed by atoms with Crippen LogP contribution >= 0.6 is 11.3 Å². The van der Waals surface area contributed by atoms with E-state index in [0.29, 0.717) is 60.6 Å². The summed E-state index contributed by atoms with van der Waals surface area (Å²) in [4.78, 5) is 49.5. The lowest BCUT2D eigenvalue weighted by atomic mass is 10.0. The molecule has 0 saturated heterocycles. The number of carboxylic acid groups (broad SMARTS) is 2. The molecule has 3 aromatic rings. The van der Waals surface area contributed by atoms with Gasteiger partial charge in [0, 0.05) is 43.1 Å². The first-order valence-electron chi connectivity index (χ1n) is 13.8. The van der Waals surface area contributed by atoms with Crippen molar-refractivity contribution in [3.8, 4) is 23.0 Å². The van der Waals surface area contributed by atoms with E-state index in [2.05, 4.69) is 0 Å². The highest BCUT2D eigenvalue weighted by molar-refractivity contribution is 7.20. The van der Waals surface area contributed by atoms with Crippen molar-refractivity contribution in [2.45, 2.75) is 46.2 Å². The molecule has 0 saturated carbocycles. The van der Waals surface area contributed by atoms with E-state index in [9.17, 15) is 19.2 Å². The molecule has 1 aromatic heterocycles. The number of carbonyl (C=O) groups excluding carboxylic acids is 2. The molecule has 1 aliphatic rings. The standard InChI is InChI=1S/C31H35NO10S/c1-17(30(35)36)8-22(33)28-13-19-10-25(24(40-4)14-27(19)43-28)41-6-5-7-42-26-12-21-16-32(15-20(21)11-23(26)39-3)29(34)9-18(2)31(37)38/h10-14,17-18H,5-9,15-16H2,1-4H3,(H,35,36)(H,37,38)/t17-,18-/m0/s1. The van der Waals surface area contributed by atoms with E-state index < -0.39 is 23.8 Å². The number of hydrogen-bond donors (Lipinski definition) is 2. The lowest BCUT2D eigenvalue weighted by Gasteiger charge is -2.16. The van der Waals surface area contributed by atoms with Crippen LogP contribution in [0.1, 0.15) is 53.9 Å². The number of carboxylic acids is 2. The maximum atomic E-state index is 12.6. The summed E-state index contributed by atoms with van der Waals surface area (Å²) >= 11 is 1.29. The third-order valence-corrected chi connectivity index (χ3v) is 8.40. The predicted molar refractivity (Wildman–Crippen MR) is 158 cm³/mol. The molecule has 2 heterocycles. The summed E-state index contributed by atoms with van der Waals surface area (Å²) in [6, 6.07) is 9.05. The summed E-state index contributed by atoms with van der Waals surface area (Å²) < 4.78 is 23.8. The maximum absolute atomic E-state index is 12.6. The molecule has 43 heavy (non-hydrogen) atoms. The van der Waals surface area contributed by atoms with Crippen molar-refractivity contribution in [2.75, 3.05) is 27.4 Å². The van der Waals surface area contributed by atoms with Gasteiger partial charge in [0.2, 0.25) is 5.91 Å². The summed E-state index contributed by atoms with van der Waals surface area (Å²) in [7, 11) is 3.08. The highest BCUT2D eigenvalue weighted by Crippen LogP contribution is 2.38. The Balaban J connectivity index is 1.34. The van der Waals surface area contributed by atoms with Gasteiger partial charge in [0.15, 0.2) is 28.8 Å². The van der Waals surface area contributed by atoms with Crippen LogP contribution in [0.15, 0.2) is 30.3 Å². The Hall–Kier alpha value is -4.32. The third kappa shape index (κ3) is 7.56. The number of methoxy groups -OCH3 is 2. The van der Waals surface area contributed by atoms with E-state index in [0.717, 1.165) is 21.2 Å². The number of carbonyl (C=O) groups is 4. The molecule has 230 valence electrons. The second-order valence-electron chi connectivity index (χ2n) is 10.5. The largest absolute Gasteiger partial charge is 0.493 e. The van der Waals surface area contributed by atoms with Crippen molar-refractivity contribution < 1.29 is 48.3 Å². The van der Waals surface area contributed by atoms with E-state index in [1.165, 1.54) is 32.3 Å². The summed E-state index contributed by atoms with van der Waals surface area (Å²) in [5, 5.41) is 19.0. The van der Waals surface area contributed by atoms with Crippen LogP contribution in [-0.2, 0) is 27.5 Å². The van der Waals surface area contributed by atoms with E-state index in [-0.39, 0.29) is 24.5 Å². The van der Waals surface area contributed by atoms with Crippen LogP contribution in [-0.4, -0.2) is 66.2 Å². The van der Waals surface area contributed by atoms with Crippen LogP contribution in [0.4, 0.5) is 0 Å². The van der Waals surface area contributed by atoms with Gasteiger partial charge in [-0.05, 0) is 40.8 Å². The van der Waals surface area contributed by atoms with E-state index >= 15 is 0 Å². The Morgan fingerprint density at radius 1 is 0.791 bits per heavy atom. The van der Waals surface area contributed by atoms with Gasteiger partial charge in [0.1, 0.15) is 0 Å². The first kappa shape index (κ1) is 31.6. The number of fused-ring (bicyclic) bond motifs is 2. The van der Waals surface area contributed by atoms with Crippen molar-refractivity contribution in [1.29, 1.82) is 0 Å². The molecule has 4 rings (SSSR count). The van der Waals surface area contributed by atoms with Crippen molar-refractivity contribution in [3.05, 3.63) is 46.3 Å². The minimum atomic E-state index is -1.01. The Bertz CT molecular complexity index is 1530. The van der Waals surface area contributed by atoms with Gasteiger partial charge < -0.3 is 34.1 Å². The van der Waals surface area contributed by atoms with Gasteiger partial charge in [-0.2, -0.15) is 0 Å². The highest BCUT2D eigenvalue weighted by Gasteiger charge is 2.28. The summed E-state index contributed by atoms with van der Waals surface area (Å²) in [5.41, 5.74) is 1.86. The predicted octanol–water partition coefficient (Wildman–Crippen LogP) is 5.01. The van der Waals surface area contributed by atoms with Gasteiger partial charge >= 0.3 is 11.9 Å². The topological polar surface area (TPSA) is 149 Å². The quantitative estimate of drug-likeness (QED) is 0.177. The smallest absolute Gasteiger partial charge is 0.306 e. The van der Waals surface area contributed by atoms with Gasteiger partial charge in [0.25, 0.3) is 0 Å². The number of Topliss-reactive ketones (excluding diaryl/α,β-unsaturated/α-hetero) is 1. The second-order valence-corrected chi connectivity index (χ2v) is 11.6. The van der Waals surface area contributed by atoms with Crippen molar-refractivity contribution in [2.24, 2.45) is 11.8 Å². The number of ketones is 1. The molecule has 0 fully saturated rings. The summed E-state index contributed by atoms with van der Waals surface area (Å²) in [6.45, 7) is 4.45. The first-order chi connectivity index (χ1) is 20.5. The van der Waals surface area contributed by atoms with Crippen LogP contribution in [0.2, 0.25) is 0 Å². The van der Waals surface area contributed by atoms with Gasteiger partial charge in [0.05, 0.1) is 44.1 Å². The number of thiophene rings is 1. The third-order valence-electron chi connectivity index (χ3n) is 7.26. The Labute approximate surface area is 252 Å². The van der Waals surface area contributed by atoms with Gasteiger partial charge in [-0.15, -0.1) is 11.3 Å². The fourth-order valence-electron chi connectivity index (χ4n) is 4.68. The molecule has 0 radical (unpaired) electrons. The second kappa shape index (κ2) is 13.8. The number of benzene rings is 2. The zero-order valence-electron chi connectivity index (χ0n) is 24.5. The molecule has 1 amide bonds. The number of amides is 1. The Morgan fingerprint density at radius 2 is 1.33 bits per heavy atom.